The number of aliphatic imine (C=N–C) groups is 1. The number of rotatable bonds is 5. The van der Waals surface area contributed by atoms with Gasteiger partial charge in [0.1, 0.15) is 0 Å². The minimum atomic E-state index is 0.753. The summed E-state index contributed by atoms with van der Waals surface area (Å²) in [4.78, 5) is 5.99. The second-order valence-corrected chi connectivity index (χ2v) is 6.09. The summed E-state index contributed by atoms with van der Waals surface area (Å²) in [6.45, 7) is 0. The summed E-state index contributed by atoms with van der Waals surface area (Å²) in [6, 6.07) is 23.8. The highest BCUT2D eigenvalue weighted by Gasteiger charge is 2.00. The van der Waals surface area contributed by atoms with E-state index in [4.69, 9.17) is 0 Å². The number of hydrogen-bond acceptors (Lipinski definition) is 5. The van der Waals surface area contributed by atoms with Crippen LogP contribution in [0.15, 0.2) is 88.0 Å². The molecular weight excluding hydrogens is 340 g/mol. The Bertz CT molecular complexity index is 937. The maximum atomic E-state index is 4.58. The predicted molar refractivity (Wildman–Crippen MR) is 112 cm³/mol. The van der Waals surface area contributed by atoms with Crippen LogP contribution in [0.4, 0.5) is 22.7 Å². The summed E-state index contributed by atoms with van der Waals surface area (Å²) in [5.74, 6) is 0. The van der Waals surface area contributed by atoms with E-state index < -0.39 is 0 Å². The first-order chi connectivity index (χ1) is 12.7. The normalized spacial score (nSPS) is 10.5. The fourth-order valence-corrected chi connectivity index (χ4v) is 2.54. The molecule has 0 atom stereocenters. The average molecular weight is 358 g/mol. The molecule has 0 fully saturated rings. The smallest absolute Gasteiger partial charge is 0.0858 e. The van der Waals surface area contributed by atoms with E-state index in [0.29, 0.717) is 0 Å². The van der Waals surface area contributed by atoms with Crippen molar-refractivity contribution in [3.63, 3.8) is 0 Å². The fourth-order valence-electron chi connectivity index (χ4n) is 2.43. The van der Waals surface area contributed by atoms with E-state index in [-0.39, 0.29) is 0 Å². The highest BCUT2D eigenvalue weighted by atomic mass is 32.1. The molecule has 0 aliphatic carbocycles. The lowest BCUT2D eigenvalue weighted by Gasteiger charge is -2.12. The lowest BCUT2D eigenvalue weighted by Crippen LogP contribution is -2.07. The van der Waals surface area contributed by atoms with Crippen LogP contribution in [-0.2, 0) is 0 Å². The van der Waals surface area contributed by atoms with Gasteiger partial charge in [0.05, 0.1) is 22.2 Å². The molecule has 0 saturated carbocycles. The molecule has 0 saturated heterocycles. The van der Waals surface area contributed by atoms with E-state index in [2.05, 4.69) is 73.9 Å². The van der Waals surface area contributed by atoms with Crippen molar-refractivity contribution in [2.75, 3.05) is 19.0 Å². The van der Waals surface area contributed by atoms with Crippen LogP contribution in [0, 0.1) is 0 Å². The Morgan fingerprint density at radius 3 is 1.54 bits per heavy atom. The Kier molecular flexibility index (Phi) is 5.64. The molecule has 0 bridgehead atoms. The minimum Gasteiger partial charge on any atom is -0.378 e. The number of thiocarbonyl (C=S) groups is 1. The maximum absolute atomic E-state index is 4.58. The van der Waals surface area contributed by atoms with Gasteiger partial charge in [0.2, 0.25) is 0 Å². The minimum absolute atomic E-state index is 0.753. The highest BCUT2D eigenvalue weighted by Crippen LogP contribution is 2.26. The van der Waals surface area contributed by atoms with Gasteiger partial charge in [0.25, 0.3) is 0 Å². The van der Waals surface area contributed by atoms with Gasteiger partial charge in [-0.2, -0.15) is 15.2 Å². The van der Waals surface area contributed by atoms with Crippen molar-refractivity contribution in [1.29, 1.82) is 0 Å². The Morgan fingerprint density at radius 1 is 0.654 bits per heavy atom. The molecule has 0 N–H and O–H groups in total. The molecule has 128 valence electrons. The average Bonchev–Trinajstić information content (AvgIpc) is 2.68. The molecule has 0 amide bonds. The van der Waals surface area contributed by atoms with Crippen molar-refractivity contribution in [2.24, 2.45) is 15.2 Å². The maximum Gasteiger partial charge on any atom is 0.0858 e. The number of anilines is 1. The molecule has 4 nitrogen and oxygen atoms in total. The Balaban J connectivity index is 1.71. The van der Waals surface area contributed by atoms with E-state index in [0.717, 1.165) is 22.6 Å². The van der Waals surface area contributed by atoms with Crippen LogP contribution in [-0.4, -0.2) is 19.3 Å². The molecule has 3 rings (SSSR count). The zero-order chi connectivity index (χ0) is 18.4. The van der Waals surface area contributed by atoms with Gasteiger partial charge in [-0.3, -0.25) is 0 Å². The molecule has 26 heavy (non-hydrogen) atoms. The largest absolute Gasteiger partial charge is 0.378 e. The van der Waals surface area contributed by atoms with Crippen LogP contribution in [0.1, 0.15) is 0 Å². The standard InChI is InChI=1S/C21H18N4S/c1-25(2)21-13-5-17(6-14-21)16-3-7-19(8-4-16)23-24-20-11-9-18(10-12-20)22-15-26/h3-14H,1-2H3/b24-23+. The molecule has 3 aromatic carbocycles. The second-order valence-electron chi connectivity index (χ2n) is 5.91. The summed E-state index contributed by atoms with van der Waals surface area (Å²) >= 11 is 4.58. The third-order valence-corrected chi connectivity index (χ3v) is 3.98. The first-order valence-corrected chi connectivity index (χ1v) is 8.54. The van der Waals surface area contributed by atoms with Crippen molar-refractivity contribution in [3.05, 3.63) is 72.8 Å². The monoisotopic (exact) mass is 358 g/mol. The van der Waals surface area contributed by atoms with Crippen LogP contribution >= 0.6 is 12.2 Å². The first-order valence-electron chi connectivity index (χ1n) is 8.13. The predicted octanol–water partition coefficient (Wildman–Crippen LogP) is 6.57. The van der Waals surface area contributed by atoms with E-state index in [1.807, 2.05) is 50.5 Å². The summed E-state index contributed by atoms with van der Waals surface area (Å²) in [5.41, 5.74) is 5.83. The molecule has 0 aliphatic rings. The fraction of sp³-hybridized carbons (Fsp3) is 0.0952. The lowest BCUT2D eigenvalue weighted by molar-refractivity contribution is 1.13. The van der Waals surface area contributed by atoms with Crippen molar-refractivity contribution in [2.45, 2.75) is 0 Å². The molecule has 0 aromatic heterocycles. The van der Waals surface area contributed by atoms with E-state index >= 15 is 0 Å². The molecule has 3 aromatic rings. The summed E-state index contributed by atoms with van der Waals surface area (Å²) < 4.78 is 0. The van der Waals surface area contributed by atoms with E-state index in [1.165, 1.54) is 11.3 Å². The number of azo groups is 1. The highest BCUT2D eigenvalue weighted by molar-refractivity contribution is 7.78. The molecule has 5 heteroatoms. The van der Waals surface area contributed by atoms with Gasteiger partial charge in [-0.1, -0.05) is 24.3 Å². The zero-order valence-electron chi connectivity index (χ0n) is 14.6. The van der Waals surface area contributed by atoms with E-state index in [1.54, 1.807) is 0 Å². The molecule has 0 aliphatic heterocycles. The number of hydrogen-bond donors (Lipinski definition) is 0. The zero-order valence-corrected chi connectivity index (χ0v) is 15.4. The number of benzene rings is 3. The van der Waals surface area contributed by atoms with Gasteiger partial charge in [-0.15, -0.1) is 0 Å². The molecular formula is C21H18N4S. The Hall–Kier alpha value is -3.14. The topological polar surface area (TPSA) is 40.3 Å². The first kappa shape index (κ1) is 17.7. The van der Waals surface area contributed by atoms with Crippen LogP contribution in [0.25, 0.3) is 11.1 Å². The van der Waals surface area contributed by atoms with Crippen LogP contribution in [0.2, 0.25) is 0 Å². The lowest BCUT2D eigenvalue weighted by atomic mass is 10.1. The molecule has 0 heterocycles. The Morgan fingerprint density at radius 2 is 1.08 bits per heavy atom. The van der Waals surface area contributed by atoms with Crippen LogP contribution in [0.5, 0.6) is 0 Å². The van der Waals surface area contributed by atoms with Crippen molar-refractivity contribution < 1.29 is 0 Å². The van der Waals surface area contributed by atoms with Crippen molar-refractivity contribution >= 4 is 40.1 Å². The quantitative estimate of drug-likeness (QED) is 0.294. The number of isothiocyanates is 1. The SMILES string of the molecule is CN(C)c1ccc(-c2ccc(/N=N/c3ccc(N=C=S)cc3)cc2)cc1. The van der Waals surface area contributed by atoms with Crippen LogP contribution in [0.3, 0.4) is 0 Å². The third kappa shape index (κ3) is 4.48. The van der Waals surface area contributed by atoms with Crippen molar-refractivity contribution in [1.82, 2.24) is 0 Å². The van der Waals surface area contributed by atoms with Gasteiger partial charge in [0, 0.05) is 19.8 Å². The van der Waals surface area contributed by atoms with Crippen molar-refractivity contribution in [3.8, 4) is 11.1 Å². The van der Waals surface area contributed by atoms with Gasteiger partial charge < -0.3 is 4.90 Å². The van der Waals surface area contributed by atoms with Gasteiger partial charge in [-0.25, -0.2) is 0 Å². The Labute approximate surface area is 158 Å². The summed E-state index contributed by atoms with van der Waals surface area (Å²) in [6.07, 6.45) is 0. The molecule has 0 radical (unpaired) electrons. The van der Waals surface area contributed by atoms with Gasteiger partial charge in [0.15, 0.2) is 0 Å². The summed E-state index contributed by atoms with van der Waals surface area (Å²) in [7, 11) is 4.07. The number of nitrogens with zero attached hydrogens (tertiary/aromatic N) is 4. The van der Waals surface area contributed by atoms with Gasteiger partial charge in [-0.05, 0) is 71.9 Å². The summed E-state index contributed by atoms with van der Waals surface area (Å²) in [5, 5.41) is 10.9. The molecule has 0 spiro atoms. The van der Waals surface area contributed by atoms with E-state index in [9.17, 15) is 0 Å². The van der Waals surface area contributed by atoms with Gasteiger partial charge >= 0.3 is 0 Å². The molecule has 0 unspecified atom stereocenters. The third-order valence-electron chi connectivity index (χ3n) is 3.89. The second kappa shape index (κ2) is 8.30. The van der Waals surface area contributed by atoms with Crippen LogP contribution < -0.4 is 4.90 Å².